The van der Waals surface area contributed by atoms with Crippen molar-refractivity contribution in [1.29, 1.82) is 5.26 Å². The smallest absolute Gasteiger partial charge is 0.182 e. The Morgan fingerprint density at radius 1 is 1.50 bits per heavy atom. The normalized spacial score (nSPS) is 9.67. The first kappa shape index (κ1) is 8.57. The molecule has 0 fully saturated rings. The van der Waals surface area contributed by atoms with E-state index in [4.69, 9.17) is 16.9 Å². The minimum Gasteiger partial charge on any atom is -0.283 e. The Hall–Kier alpha value is -1.53. The van der Waals surface area contributed by atoms with Crippen molar-refractivity contribution in [2.45, 2.75) is 0 Å². The summed E-state index contributed by atoms with van der Waals surface area (Å²) < 4.78 is 0. The van der Waals surface area contributed by atoms with E-state index in [9.17, 15) is 0 Å². The lowest BCUT2D eigenvalue weighted by molar-refractivity contribution is 1.29. The van der Waals surface area contributed by atoms with Crippen LogP contribution in [0.15, 0.2) is 29.3 Å². The monoisotopic (exact) mass is 179 g/mol. The molecule has 0 aliphatic rings. The number of nitrogens with one attached hydrogen (secondary N) is 1. The minimum atomic E-state index is 0.563. The first-order valence-corrected chi connectivity index (χ1v) is 3.64. The van der Waals surface area contributed by atoms with Gasteiger partial charge in [0.25, 0.3) is 0 Å². The van der Waals surface area contributed by atoms with E-state index in [-0.39, 0.29) is 0 Å². The number of benzene rings is 1. The highest BCUT2D eigenvalue weighted by atomic mass is 35.5. The van der Waals surface area contributed by atoms with Crippen LogP contribution < -0.4 is 5.32 Å². The third kappa shape index (κ3) is 2.26. The zero-order valence-corrected chi connectivity index (χ0v) is 6.92. The molecule has 1 aromatic carbocycles. The van der Waals surface area contributed by atoms with Gasteiger partial charge < -0.3 is 0 Å². The summed E-state index contributed by atoms with van der Waals surface area (Å²) >= 11 is 5.78. The van der Waals surface area contributed by atoms with Crippen LogP contribution in [-0.2, 0) is 0 Å². The third-order valence-corrected chi connectivity index (χ3v) is 1.50. The molecule has 1 aromatic rings. The van der Waals surface area contributed by atoms with Gasteiger partial charge in [-0.15, -0.1) is 0 Å². The predicted molar refractivity (Wildman–Crippen MR) is 48.4 cm³/mol. The summed E-state index contributed by atoms with van der Waals surface area (Å²) in [4.78, 5) is 3.90. The maximum Gasteiger partial charge on any atom is 0.182 e. The molecule has 0 bridgehead atoms. The molecule has 60 valence electrons. The highest BCUT2D eigenvalue weighted by Crippen LogP contribution is 2.22. The molecule has 0 aliphatic carbocycles. The van der Waals surface area contributed by atoms with Crippen LogP contribution in [0.1, 0.15) is 0 Å². The molecule has 0 aromatic heterocycles. The molecule has 0 amide bonds. The quantitative estimate of drug-likeness (QED) is 0.327. The van der Waals surface area contributed by atoms with Crippen LogP contribution in [0.5, 0.6) is 0 Å². The van der Waals surface area contributed by atoms with Gasteiger partial charge >= 0.3 is 0 Å². The summed E-state index contributed by atoms with van der Waals surface area (Å²) in [5, 5.41) is 11.0. The lowest BCUT2D eigenvalue weighted by Gasteiger charge is -1.94. The number of nitrogens with zero attached hydrogens (tertiary/aromatic N) is 2. The van der Waals surface area contributed by atoms with Crippen molar-refractivity contribution in [2.24, 2.45) is 4.99 Å². The molecular formula is C8H6ClN3. The number of halogens is 1. The summed E-state index contributed by atoms with van der Waals surface area (Å²) in [5.41, 5.74) is 0.641. The average molecular weight is 180 g/mol. The van der Waals surface area contributed by atoms with Crippen molar-refractivity contribution in [1.82, 2.24) is 5.32 Å². The number of aliphatic imine (C=N–C) groups is 1. The molecule has 0 radical (unpaired) electrons. The van der Waals surface area contributed by atoms with Crippen molar-refractivity contribution in [3.05, 3.63) is 29.3 Å². The molecule has 0 aliphatic heterocycles. The highest BCUT2D eigenvalue weighted by Gasteiger charge is 1.92. The highest BCUT2D eigenvalue weighted by molar-refractivity contribution is 6.33. The summed E-state index contributed by atoms with van der Waals surface area (Å²) in [5.74, 6) is 0. The van der Waals surface area contributed by atoms with Gasteiger partial charge in [0.15, 0.2) is 6.19 Å². The number of para-hydroxylation sites is 1. The second-order valence-electron chi connectivity index (χ2n) is 1.97. The molecule has 3 nitrogen and oxygen atoms in total. The van der Waals surface area contributed by atoms with Gasteiger partial charge in [0.2, 0.25) is 0 Å². The van der Waals surface area contributed by atoms with Gasteiger partial charge in [-0.25, -0.2) is 4.99 Å². The molecule has 0 unspecified atom stereocenters. The predicted octanol–water partition coefficient (Wildman–Crippen LogP) is 2.07. The Morgan fingerprint density at radius 2 is 2.25 bits per heavy atom. The zero-order valence-electron chi connectivity index (χ0n) is 6.16. The number of hydrogen-bond acceptors (Lipinski definition) is 2. The van der Waals surface area contributed by atoms with E-state index < -0.39 is 0 Å². The Bertz CT molecular complexity index is 327. The Balaban J connectivity index is 2.77. The first-order valence-electron chi connectivity index (χ1n) is 3.26. The van der Waals surface area contributed by atoms with Gasteiger partial charge in [0.1, 0.15) is 6.34 Å². The number of nitriles is 1. The van der Waals surface area contributed by atoms with Crippen molar-refractivity contribution in [3.63, 3.8) is 0 Å². The Labute approximate surface area is 75.3 Å². The van der Waals surface area contributed by atoms with E-state index in [0.717, 1.165) is 0 Å². The van der Waals surface area contributed by atoms with Gasteiger partial charge in [-0.1, -0.05) is 23.7 Å². The van der Waals surface area contributed by atoms with Gasteiger partial charge in [0, 0.05) is 0 Å². The lowest BCUT2D eigenvalue weighted by Crippen LogP contribution is -1.98. The number of rotatable bonds is 2. The van der Waals surface area contributed by atoms with Crippen LogP contribution in [0.2, 0.25) is 5.02 Å². The fraction of sp³-hybridized carbons (Fsp3) is 0. The summed E-state index contributed by atoms with van der Waals surface area (Å²) in [6, 6.07) is 7.14. The summed E-state index contributed by atoms with van der Waals surface area (Å²) in [7, 11) is 0. The largest absolute Gasteiger partial charge is 0.283 e. The zero-order chi connectivity index (χ0) is 8.81. The fourth-order valence-electron chi connectivity index (χ4n) is 0.687. The first-order chi connectivity index (χ1) is 5.84. The van der Waals surface area contributed by atoms with E-state index in [1.165, 1.54) is 6.34 Å². The van der Waals surface area contributed by atoms with Crippen LogP contribution >= 0.6 is 11.6 Å². The van der Waals surface area contributed by atoms with E-state index in [0.29, 0.717) is 10.7 Å². The van der Waals surface area contributed by atoms with Crippen molar-refractivity contribution >= 4 is 23.6 Å². The van der Waals surface area contributed by atoms with Gasteiger partial charge in [-0.2, -0.15) is 5.26 Å². The van der Waals surface area contributed by atoms with E-state index in [1.54, 1.807) is 18.3 Å². The van der Waals surface area contributed by atoms with Crippen molar-refractivity contribution in [3.8, 4) is 6.19 Å². The van der Waals surface area contributed by atoms with E-state index in [1.807, 2.05) is 12.1 Å². The second-order valence-corrected chi connectivity index (χ2v) is 2.37. The second kappa shape index (κ2) is 4.37. The lowest BCUT2D eigenvalue weighted by atomic mass is 10.3. The Kier molecular flexibility index (Phi) is 3.12. The fourth-order valence-corrected chi connectivity index (χ4v) is 0.872. The SMILES string of the molecule is N#CNC=Nc1ccccc1Cl. The maximum atomic E-state index is 8.13. The van der Waals surface area contributed by atoms with Crippen LogP contribution in [0.4, 0.5) is 5.69 Å². The molecule has 0 heterocycles. The molecular weight excluding hydrogens is 174 g/mol. The van der Waals surface area contributed by atoms with Crippen LogP contribution in [-0.4, -0.2) is 6.34 Å². The standard InChI is InChI=1S/C8H6ClN3/c9-7-3-1-2-4-8(7)12-6-11-5-10/h1-4,6H,(H,11,12). The molecule has 0 spiro atoms. The molecule has 0 saturated heterocycles. The van der Waals surface area contributed by atoms with Crippen LogP contribution in [0, 0.1) is 11.5 Å². The van der Waals surface area contributed by atoms with Crippen LogP contribution in [0.25, 0.3) is 0 Å². The third-order valence-electron chi connectivity index (χ3n) is 1.19. The summed E-state index contributed by atoms with van der Waals surface area (Å²) in [6.45, 7) is 0. The van der Waals surface area contributed by atoms with E-state index >= 15 is 0 Å². The molecule has 0 atom stereocenters. The molecule has 1 N–H and O–H groups in total. The average Bonchev–Trinajstić information content (AvgIpc) is 2.09. The van der Waals surface area contributed by atoms with Gasteiger partial charge in [-0.05, 0) is 12.1 Å². The van der Waals surface area contributed by atoms with Gasteiger partial charge in [0.05, 0.1) is 10.7 Å². The van der Waals surface area contributed by atoms with E-state index in [2.05, 4.69) is 10.3 Å². The number of hydrogen-bond donors (Lipinski definition) is 1. The maximum absolute atomic E-state index is 8.13. The molecule has 4 heteroatoms. The molecule has 0 saturated carbocycles. The summed E-state index contributed by atoms with van der Waals surface area (Å²) in [6.07, 6.45) is 3.01. The Morgan fingerprint density at radius 3 is 2.92 bits per heavy atom. The van der Waals surface area contributed by atoms with Crippen LogP contribution in [0.3, 0.4) is 0 Å². The minimum absolute atomic E-state index is 0.563. The topological polar surface area (TPSA) is 48.2 Å². The van der Waals surface area contributed by atoms with Crippen molar-refractivity contribution in [2.75, 3.05) is 0 Å². The molecule has 1 rings (SSSR count). The van der Waals surface area contributed by atoms with Gasteiger partial charge in [-0.3, -0.25) is 5.32 Å². The van der Waals surface area contributed by atoms with Crippen molar-refractivity contribution < 1.29 is 0 Å². The molecule has 12 heavy (non-hydrogen) atoms.